The second kappa shape index (κ2) is 11.2. The Morgan fingerprint density at radius 3 is 2.00 bits per heavy atom. The number of pyridine rings is 1. The highest BCUT2D eigenvalue weighted by Gasteiger charge is 2.47. The number of ether oxygens (including phenoxy) is 1. The summed E-state index contributed by atoms with van der Waals surface area (Å²) in [5.74, 6) is -0.778. The lowest BCUT2D eigenvalue weighted by Gasteiger charge is -2.38. The molecule has 6 nitrogen and oxygen atoms in total. The molecule has 1 aliphatic carbocycles. The summed E-state index contributed by atoms with van der Waals surface area (Å²) in [5.41, 5.74) is 3.78. The van der Waals surface area contributed by atoms with Gasteiger partial charge in [0, 0.05) is 12.6 Å². The highest BCUT2D eigenvalue weighted by molar-refractivity contribution is 5.94. The molecule has 2 atom stereocenters. The van der Waals surface area contributed by atoms with Crippen LogP contribution < -0.4 is 5.32 Å². The number of Topliss-reactive ketones (excluding diaryl/α,β-unsaturated/α-hetero) is 1. The fourth-order valence-electron chi connectivity index (χ4n) is 5.52. The first-order valence-corrected chi connectivity index (χ1v) is 13.6. The Bertz CT molecular complexity index is 1450. The third-order valence-electron chi connectivity index (χ3n) is 7.12. The van der Waals surface area contributed by atoms with Gasteiger partial charge in [-0.2, -0.15) is 0 Å². The lowest BCUT2D eigenvalue weighted by atomic mass is 9.79. The van der Waals surface area contributed by atoms with Crippen LogP contribution in [0.1, 0.15) is 60.8 Å². The zero-order chi connectivity index (χ0) is 28.3. The van der Waals surface area contributed by atoms with Crippen molar-refractivity contribution >= 4 is 11.8 Å². The monoisotopic (exact) mass is 534 g/mol. The van der Waals surface area contributed by atoms with E-state index < -0.39 is 29.3 Å². The van der Waals surface area contributed by atoms with E-state index in [0.717, 1.165) is 27.8 Å². The Hall–Kier alpha value is -4.13. The molecule has 5 rings (SSSR count). The summed E-state index contributed by atoms with van der Waals surface area (Å²) in [6, 6.07) is 30.5. The number of carbonyl (C=O) groups is 2. The smallest absolute Gasteiger partial charge is 0.323 e. The largest absolute Gasteiger partial charge is 0.459 e. The van der Waals surface area contributed by atoms with E-state index in [4.69, 9.17) is 4.74 Å². The average Bonchev–Trinajstić information content (AvgIpc) is 3.23. The molecule has 0 spiro atoms. The number of esters is 1. The van der Waals surface area contributed by atoms with E-state index in [0.29, 0.717) is 0 Å². The van der Waals surface area contributed by atoms with Crippen molar-refractivity contribution in [3.05, 3.63) is 126 Å². The summed E-state index contributed by atoms with van der Waals surface area (Å²) in [5, 5.41) is 14.8. The first kappa shape index (κ1) is 27.4. The minimum Gasteiger partial charge on any atom is -0.459 e. The van der Waals surface area contributed by atoms with Crippen LogP contribution in [0, 0.1) is 0 Å². The zero-order valence-electron chi connectivity index (χ0n) is 23.0. The second-order valence-corrected chi connectivity index (χ2v) is 11.2. The SMILES string of the molecule is CC(C)(C)OC(=O)[C@H](CC(O)CC(=O)c1ccccn1)NC1(c2ccccc2)c2ccccc2-c2ccccc21. The molecule has 3 aromatic carbocycles. The molecule has 0 fully saturated rings. The van der Waals surface area contributed by atoms with E-state index in [1.165, 1.54) is 0 Å². The van der Waals surface area contributed by atoms with Crippen LogP contribution in [-0.2, 0) is 15.1 Å². The van der Waals surface area contributed by atoms with Crippen LogP contribution in [0.25, 0.3) is 11.1 Å². The Morgan fingerprint density at radius 1 is 0.850 bits per heavy atom. The molecule has 6 heteroatoms. The molecule has 1 unspecified atom stereocenters. The van der Waals surface area contributed by atoms with Gasteiger partial charge in [0.15, 0.2) is 5.78 Å². The highest BCUT2D eigenvalue weighted by Crippen LogP contribution is 2.51. The number of aliphatic hydroxyl groups excluding tert-OH is 1. The molecular weight excluding hydrogens is 500 g/mol. The van der Waals surface area contributed by atoms with Gasteiger partial charge in [0.1, 0.15) is 17.3 Å². The number of hydrogen-bond acceptors (Lipinski definition) is 6. The van der Waals surface area contributed by atoms with Crippen LogP contribution in [0.2, 0.25) is 0 Å². The van der Waals surface area contributed by atoms with Gasteiger partial charge in [-0.3, -0.25) is 19.9 Å². The van der Waals surface area contributed by atoms with E-state index in [1.54, 1.807) is 24.4 Å². The standard InChI is InChI=1S/C34H34N2O4/c1-33(2,3)40-32(39)30(21-24(37)22-31(38)29-19-11-12-20-35-29)36-34(23-13-5-4-6-14-23)27-17-9-7-15-25(27)26-16-8-10-18-28(26)34/h4-20,24,30,36-37H,21-22H2,1-3H3/t24?,30-/m0/s1. The third kappa shape index (κ3) is 5.46. The fraction of sp³-hybridized carbons (Fsp3) is 0.265. The number of ketones is 1. The number of benzene rings is 3. The van der Waals surface area contributed by atoms with Crippen molar-refractivity contribution in [2.45, 2.75) is 56.9 Å². The van der Waals surface area contributed by atoms with Crippen molar-refractivity contribution in [2.75, 3.05) is 0 Å². The van der Waals surface area contributed by atoms with Crippen LogP contribution in [0.5, 0.6) is 0 Å². The van der Waals surface area contributed by atoms with Gasteiger partial charge in [-0.05, 0) is 67.1 Å². The quantitative estimate of drug-likeness (QED) is 0.212. The van der Waals surface area contributed by atoms with Crippen molar-refractivity contribution in [2.24, 2.45) is 0 Å². The summed E-state index contributed by atoms with van der Waals surface area (Å²) < 4.78 is 5.85. The van der Waals surface area contributed by atoms with Gasteiger partial charge in [0.05, 0.1) is 11.6 Å². The molecular formula is C34H34N2O4. The average molecular weight is 535 g/mol. The van der Waals surface area contributed by atoms with Crippen LogP contribution in [0.15, 0.2) is 103 Å². The van der Waals surface area contributed by atoms with Crippen LogP contribution in [0.4, 0.5) is 0 Å². The summed E-state index contributed by atoms with van der Waals surface area (Å²) in [7, 11) is 0. The first-order valence-electron chi connectivity index (χ1n) is 13.6. The summed E-state index contributed by atoms with van der Waals surface area (Å²) in [6.07, 6.45) is 0.262. The molecule has 0 saturated heterocycles. The van der Waals surface area contributed by atoms with Crippen molar-refractivity contribution in [3.8, 4) is 11.1 Å². The number of nitrogens with one attached hydrogen (secondary N) is 1. The van der Waals surface area contributed by atoms with Crippen LogP contribution in [-0.4, -0.2) is 39.6 Å². The van der Waals surface area contributed by atoms with E-state index in [-0.39, 0.29) is 24.3 Å². The Labute approximate surface area is 235 Å². The molecule has 2 N–H and O–H groups in total. The van der Waals surface area contributed by atoms with Crippen molar-refractivity contribution < 1.29 is 19.4 Å². The lowest BCUT2D eigenvalue weighted by molar-refractivity contribution is -0.158. The fourth-order valence-corrected chi connectivity index (χ4v) is 5.52. The predicted octanol–water partition coefficient (Wildman–Crippen LogP) is 5.68. The van der Waals surface area contributed by atoms with Gasteiger partial charge >= 0.3 is 5.97 Å². The molecule has 1 aliphatic rings. The van der Waals surface area contributed by atoms with Gasteiger partial charge in [-0.1, -0.05) is 84.9 Å². The highest BCUT2D eigenvalue weighted by atomic mass is 16.6. The van der Waals surface area contributed by atoms with Gasteiger partial charge in [-0.25, -0.2) is 0 Å². The molecule has 40 heavy (non-hydrogen) atoms. The number of nitrogens with zero attached hydrogens (tertiary/aromatic N) is 1. The van der Waals surface area contributed by atoms with E-state index in [1.807, 2.05) is 75.4 Å². The lowest BCUT2D eigenvalue weighted by Crippen LogP contribution is -2.54. The van der Waals surface area contributed by atoms with Gasteiger partial charge in [0.2, 0.25) is 0 Å². The van der Waals surface area contributed by atoms with Crippen LogP contribution in [0.3, 0.4) is 0 Å². The minimum atomic E-state index is -1.10. The number of hydrogen-bond donors (Lipinski definition) is 2. The molecule has 0 aliphatic heterocycles. The number of aliphatic hydroxyl groups is 1. The topological polar surface area (TPSA) is 88.5 Å². The summed E-state index contributed by atoms with van der Waals surface area (Å²) in [6.45, 7) is 5.45. The summed E-state index contributed by atoms with van der Waals surface area (Å²) >= 11 is 0. The number of fused-ring (bicyclic) bond motifs is 3. The molecule has 1 aromatic heterocycles. The Kier molecular flexibility index (Phi) is 7.66. The second-order valence-electron chi connectivity index (χ2n) is 11.2. The van der Waals surface area contributed by atoms with Crippen molar-refractivity contribution in [3.63, 3.8) is 0 Å². The molecule has 204 valence electrons. The van der Waals surface area contributed by atoms with E-state index >= 15 is 0 Å². The van der Waals surface area contributed by atoms with Crippen LogP contribution >= 0.6 is 0 Å². The molecule has 0 bridgehead atoms. The number of aromatic nitrogens is 1. The van der Waals surface area contributed by atoms with Gasteiger partial charge in [0.25, 0.3) is 0 Å². The molecule has 0 radical (unpaired) electrons. The maximum Gasteiger partial charge on any atom is 0.323 e. The normalized spacial score (nSPS) is 15.0. The summed E-state index contributed by atoms with van der Waals surface area (Å²) in [4.78, 5) is 30.7. The van der Waals surface area contributed by atoms with Crippen molar-refractivity contribution in [1.29, 1.82) is 0 Å². The van der Waals surface area contributed by atoms with Gasteiger partial charge < -0.3 is 9.84 Å². The van der Waals surface area contributed by atoms with Gasteiger partial charge in [-0.15, -0.1) is 0 Å². The maximum absolute atomic E-state index is 13.7. The molecule has 0 saturated carbocycles. The molecule has 1 heterocycles. The minimum absolute atomic E-state index is 0.0214. The molecule has 4 aromatic rings. The Morgan fingerprint density at radius 2 is 1.43 bits per heavy atom. The third-order valence-corrected chi connectivity index (χ3v) is 7.12. The van der Waals surface area contributed by atoms with E-state index in [9.17, 15) is 14.7 Å². The maximum atomic E-state index is 13.7. The first-order chi connectivity index (χ1) is 19.2. The zero-order valence-corrected chi connectivity index (χ0v) is 23.0. The number of carbonyl (C=O) groups excluding carboxylic acids is 2. The Balaban J connectivity index is 1.57. The molecule has 0 amide bonds. The van der Waals surface area contributed by atoms with E-state index in [2.05, 4.69) is 34.6 Å². The predicted molar refractivity (Wildman–Crippen MR) is 155 cm³/mol. The van der Waals surface area contributed by atoms with Crippen molar-refractivity contribution in [1.82, 2.24) is 10.3 Å². The number of rotatable bonds is 9.